The monoisotopic (exact) mass is 249 g/mol. The highest BCUT2D eigenvalue weighted by molar-refractivity contribution is 9.09. The van der Waals surface area contributed by atoms with Gasteiger partial charge in [-0.3, -0.25) is 0 Å². The summed E-state index contributed by atoms with van der Waals surface area (Å²) in [5, 5.41) is 9.90. The SMILES string of the molecule is CCN(CCCBr)c1nncs1. The number of anilines is 1. The van der Waals surface area contributed by atoms with Gasteiger partial charge in [-0.25, -0.2) is 0 Å². The van der Waals surface area contributed by atoms with E-state index < -0.39 is 0 Å². The standard InChI is InChI=1S/C7H12BrN3S/c1-2-11(5-3-4-8)7-10-9-6-12-7/h6H,2-5H2,1H3. The number of hydrogen-bond acceptors (Lipinski definition) is 4. The van der Waals surface area contributed by atoms with Gasteiger partial charge in [0.25, 0.3) is 0 Å². The first-order valence-corrected chi connectivity index (χ1v) is 5.95. The summed E-state index contributed by atoms with van der Waals surface area (Å²) in [6, 6.07) is 0. The van der Waals surface area contributed by atoms with Gasteiger partial charge >= 0.3 is 0 Å². The number of nitrogens with zero attached hydrogens (tertiary/aromatic N) is 3. The highest BCUT2D eigenvalue weighted by Gasteiger charge is 2.05. The fraction of sp³-hybridized carbons (Fsp3) is 0.714. The smallest absolute Gasteiger partial charge is 0.208 e. The maximum Gasteiger partial charge on any atom is 0.208 e. The van der Waals surface area contributed by atoms with Gasteiger partial charge < -0.3 is 4.90 Å². The van der Waals surface area contributed by atoms with Crippen LogP contribution in [0.15, 0.2) is 5.51 Å². The van der Waals surface area contributed by atoms with E-state index in [4.69, 9.17) is 0 Å². The molecule has 0 aromatic carbocycles. The van der Waals surface area contributed by atoms with Crippen LogP contribution in [0.4, 0.5) is 5.13 Å². The molecule has 0 radical (unpaired) electrons. The highest BCUT2D eigenvalue weighted by atomic mass is 79.9. The largest absolute Gasteiger partial charge is 0.347 e. The third kappa shape index (κ3) is 2.71. The molecule has 0 bridgehead atoms. The Morgan fingerprint density at radius 3 is 3.00 bits per heavy atom. The summed E-state index contributed by atoms with van der Waals surface area (Å²) in [5.74, 6) is 0. The Balaban J connectivity index is 2.45. The zero-order chi connectivity index (χ0) is 8.81. The Kier molecular flexibility index (Phi) is 4.53. The van der Waals surface area contributed by atoms with Gasteiger partial charge in [-0.1, -0.05) is 27.3 Å². The first-order chi connectivity index (χ1) is 5.88. The van der Waals surface area contributed by atoms with Crippen molar-refractivity contribution in [3.05, 3.63) is 5.51 Å². The maximum atomic E-state index is 4.02. The lowest BCUT2D eigenvalue weighted by Crippen LogP contribution is -2.23. The Hall–Kier alpha value is -0.160. The first-order valence-electron chi connectivity index (χ1n) is 3.95. The van der Waals surface area contributed by atoms with E-state index in [2.05, 4.69) is 38.0 Å². The molecule has 3 nitrogen and oxygen atoms in total. The summed E-state index contributed by atoms with van der Waals surface area (Å²) in [4.78, 5) is 2.24. The van der Waals surface area contributed by atoms with Crippen LogP contribution in [0.1, 0.15) is 13.3 Å². The van der Waals surface area contributed by atoms with E-state index in [0.29, 0.717) is 0 Å². The van der Waals surface area contributed by atoms with Crippen LogP contribution in [-0.4, -0.2) is 28.6 Å². The van der Waals surface area contributed by atoms with E-state index in [1.807, 2.05) is 0 Å². The first kappa shape index (κ1) is 9.92. The van der Waals surface area contributed by atoms with Crippen LogP contribution >= 0.6 is 27.3 Å². The molecule has 0 unspecified atom stereocenters. The zero-order valence-electron chi connectivity index (χ0n) is 7.03. The molecule has 1 rings (SSSR count). The summed E-state index contributed by atoms with van der Waals surface area (Å²) < 4.78 is 0. The van der Waals surface area contributed by atoms with Crippen molar-refractivity contribution in [3.63, 3.8) is 0 Å². The molecule has 0 spiro atoms. The van der Waals surface area contributed by atoms with Crippen molar-refractivity contribution in [2.75, 3.05) is 23.3 Å². The third-order valence-corrected chi connectivity index (χ3v) is 2.87. The molecule has 0 saturated heterocycles. The Morgan fingerprint density at radius 1 is 1.67 bits per heavy atom. The Labute approximate surface area is 84.9 Å². The molecule has 0 saturated carbocycles. The molecule has 1 aromatic rings. The van der Waals surface area contributed by atoms with Crippen LogP contribution in [0, 0.1) is 0 Å². The molecule has 68 valence electrons. The Morgan fingerprint density at radius 2 is 2.50 bits per heavy atom. The second-order valence-corrected chi connectivity index (χ2v) is 3.95. The van der Waals surface area contributed by atoms with Gasteiger partial charge in [0.1, 0.15) is 5.51 Å². The summed E-state index contributed by atoms with van der Waals surface area (Å²) in [6.45, 7) is 4.19. The lowest BCUT2D eigenvalue weighted by molar-refractivity contribution is 0.787. The molecule has 0 aliphatic carbocycles. The van der Waals surface area contributed by atoms with Crippen LogP contribution in [0.5, 0.6) is 0 Å². The van der Waals surface area contributed by atoms with Crippen molar-refractivity contribution in [2.45, 2.75) is 13.3 Å². The van der Waals surface area contributed by atoms with Crippen molar-refractivity contribution in [2.24, 2.45) is 0 Å². The molecule has 0 aliphatic rings. The van der Waals surface area contributed by atoms with Crippen LogP contribution < -0.4 is 4.90 Å². The molecule has 0 N–H and O–H groups in total. The van der Waals surface area contributed by atoms with E-state index in [9.17, 15) is 0 Å². The van der Waals surface area contributed by atoms with E-state index in [-0.39, 0.29) is 0 Å². The van der Waals surface area contributed by atoms with Gasteiger partial charge in [0, 0.05) is 18.4 Å². The third-order valence-electron chi connectivity index (χ3n) is 1.56. The lowest BCUT2D eigenvalue weighted by atomic mass is 10.4. The summed E-state index contributed by atoms with van der Waals surface area (Å²) in [6.07, 6.45) is 1.15. The molecular formula is C7H12BrN3S. The minimum absolute atomic E-state index is 1.00. The van der Waals surface area contributed by atoms with Gasteiger partial charge in [-0.15, -0.1) is 10.2 Å². The lowest BCUT2D eigenvalue weighted by Gasteiger charge is -2.17. The second kappa shape index (κ2) is 5.48. The molecule has 0 atom stereocenters. The van der Waals surface area contributed by atoms with Crippen LogP contribution in [0.2, 0.25) is 0 Å². The van der Waals surface area contributed by atoms with E-state index in [0.717, 1.165) is 30.0 Å². The summed E-state index contributed by atoms with van der Waals surface area (Å²) in [7, 11) is 0. The number of halogens is 1. The van der Waals surface area contributed by atoms with Gasteiger partial charge in [0.2, 0.25) is 5.13 Å². The average molecular weight is 250 g/mol. The van der Waals surface area contributed by atoms with Crippen molar-refractivity contribution in [1.29, 1.82) is 0 Å². The number of aromatic nitrogens is 2. The van der Waals surface area contributed by atoms with E-state index in [1.54, 1.807) is 16.8 Å². The highest BCUT2D eigenvalue weighted by Crippen LogP contribution is 2.15. The van der Waals surface area contributed by atoms with Gasteiger partial charge in [-0.2, -0.15) is 0 Å². The Bertz CT molecular complexity index is 202. The van der Waals surface area contributed by atoms with Gasteiger partial charge in [-0.05, 0) is 13.3 Å². The van der Waals surface area contributed by atoms with Crippen molar-refractivity contribution >= 4 is 32.4 Å². The molecule has 0 fully saturated rings. The number of hydrogen-bond donors (Lipinski definition) is 0. The fourth-order valence-electron chi connectivity index (χ4n) is 0.945. The van der Waals surface area contributed by atoms with Crippen molar-refractivity contribution in [1.82, 2.24) is 10.2 Å². The number of rotatable bonds is 5. The average Bonchev–Trinajstić information content (AvgIpc) is 2.59. The zero-order valence-corrected chi connectivity index (χ0v) is 9.44. The predicted octanol–water partition coefficient (Wildman–Crippen LogP) is 2.15. The number of alkyl halides is 1. The van der Waals surface area contributed by atoms with Crippen LogP contribution in [-0.2, 0) is 0 Å². The van der Waals surface area contributed by atoms with Crippen LogP contribution in [0.3, 0.4) is 0 Å². The van der Waals surface area contributed by atoms with Crippen molar-refractivity contribution in [3.8, 4) is 0 Å². The second-order valence-electron chi connectivity index (χ2n) is 2.34. The normalized spacial score (nSPS) is 10.2. The molecule has 0 amide bonds. The summed E-state index contributed by atoms with van der Waals surface area (Å²) in [5.41, 5.74) is 1.77. The predicted molar refractivity (Wildman–Crippen MR) is 56.2 cm³/mol. The molecule has 12 heavy (non-hydrogen) atoms. The maximum absolute atomic E-state index is 4.02. The molecule has 1 heterocycles. The van der Waals surface area contributed by atoms with E-state index >= 15 is 0 Å². The summed E-state index contributed by atoms with van der Waals surface area (Å²) >= 11 is 5.01. The molecule has 5 heteroatoms. The quantitative estimate of drug-likeness (QED) is 0.750. The minimum atomic E-state index is 1.00. The van der Waals surface area contributed by atoms with Gasteiger partial charge in [0.15, 0.2) is 0 Å². The fourth-order valence-corrected chi connectivity index (χ4v) is 1.85. The molecule has 1 aromatic heterocycles. The molecule has 0 aliphatic heterocycles. The van der Waals surface area contributed by atoms with Crippen molar-refractivity contribution < 1.29 is 0 Å². The topological polar surface area (TPSA) is 29.0 Å². The van der Waals surface area contributed by atoms with Gasteiger partial charge in [0.05, 0.1) is 0 Å². The molecular weight excluding hydrogens is 238 g/mol. The minimum Gasteiger partial charge on any atom is -0.347 e. The van der Waals surface area contributed by atoms with Crippen LogP contribution in [0.25, 0.3) is 0 Å². The van der Waals surface area contributed by atoms with E-state index in [1.165, 1.54) is 0 Å².